The molecule has 2 amide bonds. The first-order valence-electron chi connectivity index (χ1n) is 20.8. The van der Waals surface area contributed by atoms with E-state index in [-0.39, 0.29) is 30.0 Å². The number of nitrogens with one attached hydrogen (secondary N) is 1. The van der Waals surface area contributed by atoms with E-state index >= 15 is 0 Å². The molecule has 1 saturated heterocycles. The summed E-state index contributed by atoms with van der Waals surface area (Å²) in [6.07, 6.45) is 0.0496. The van der Waals surface area contributed by atoms with Crippen LogP contribution in [0.4, 0.5) is 5.82 Å². The highest BCUT2D eigenvalue weighted by Gasteiger charge is 2.66. The van der Waals surface area contributed by atoms with E-state index in [1.165, 1.54) is 56.8 Å². The van der Waals surface area contributed by atoms with Crippen LogP contribution < -0.4 is 26.4 Å². The number of aromatic hydroxyl groups is 1. The Bertz CT molecular complexity index is 2650. The van der Waals surface area contributed by atoms with Crippen LogP contribution in [0.3, 0.4) is 0 Å². The molecule has 0 radical (unpaired) electrons. The molecule has 0 bridgehead atoms. The van der Waals surface area contributed by atoms with Gasteiger partial charge in [0.25, 0.3) is 5.91 Å². The Labute approximate surface area is 389 Å². The van der Waals surface area contributed by atoms with E-state index < -0.39 is 118 Å². The van der Waals surface area contributed by atoms with Crippen molar-refractivity contribution in [1.29, 1.82) is 0 Å². The molecule has 2 fully saturated rings. The lowest BCUT2D eigenvalue weighted by Gasteiger charge is -2.53. The Morgan fingerprint density at radius 3 is 2.31 bits per heavy atom. The van der Waals surface area contributed by atoms with E-state index in [0.29, 0.717) is 29.2 Å². The number of methoxy groups -OCH3 is 1. The highest BCUT2D eigenvalue weighted by molar-refractivity contribution is 6.24. The van der Waals surface area contributed by atoms with Crippen molar-refractivity contribution in [2.24, 2.45) is 23.3 Å². The Kier molecular flexibility index (Phi) is 14.1. The van der Waals surface area contributed by atoms with Gasteiger partial charge in [-0.25, -0.2) is 15.0 Å². The highest BCUT2D eigenvalue weighted by atomic mass is 35.5. The number of imidazole rings is 1. The number of amides is 2. The maximum absolute atomic E-state index is 13.7. The molecule has 3 heterocycles. The number of nitrogens with zero attached hydrogens (tertiary/aromatic N) is 6. The van der Waals surface area contributed by atoms with E-state index in [0.717, 1.165) is 5.56 Å². The molecule has 67 heavy (non-hydrogen) atoms. The number of aromatic nitrogens is 4. The van der Waals surface area contributed by atoms with Gasteiger partial charge in [0.2, 0.25) is 11.7 Å². The lowest BCUT2D eigenvalue weighted by atomic mass is 9.54. The van der Waals surface area contributed by atoms with Crippen LogP contribution in [-0.4, -0.2) is 161 Å². The van der Waals surface area contributed by atoms with Gasteiger partial charge in [-0.05, 0) is 63.2 Å². The SMILES string of the molecule is CN(C)[C@@H]1C(=O)C(C(N)=O)=C(O)[C@@]2(O)C(=O)C3=C(O)c4c(O)cccc4[C@@](C)(O)[C@H]3C[C@@H]12.COc1ccc(C[C@H](N)C(=O)N[C@H]2[C@@H](O)[C@H](n3cnc4c(N(C)C)ncnc43)O[C@@H]2CO)cc1.Cl. The standard InChI is InChI=1S/C22H29N7O5.C22H24N2O8.ClH/c1-28(2)19-17-20(25-10-24-19)29(11-26-17)22-18(31)16(15(9-30)34-22)27-21(32)14(23)8-12-4-6-13(33-3)7-5-12;1-21(31)8-5-4-6-11(25)12(8)16(26)13-9(21)7-10-15(24(2)3)17(27)14(20(23)30)19(29)22(10,32)18(13)28;/h4-7,10-11,14-16,18,22,30-31H,8-9,23H2,1-3H3,(H,27,32);4-6,9-10,15,25-26,29,31-32H,7H2,1-3H3,(H2,23,30);1H/t14-,15+,16+,18+,22+;9-,10-,15-,21+,22-;/m00./s1. The monoisotopic (exact) mass is 951 g/mol. The van der Waals surface area contributed by atoms with Gasteiger partial charge in [0, 0.05) is 31.5 Å². The van der Waals surface area contributed by atoms with Gasteiger partial charge in [-0.3, -0.25) is 28.6 Å². The van der Waals surface area contributed by atoms with Crippen molar-refractivity contribution in [3.05, 3.63) is 88.7 Å². The fourth-order valence-electron chi connectivity index (χ4n) is 9.54. The number of aliphatic hydroxyl groups is 6. The molecule has 12 N–H and O–H groups in total. The minimum atomic E-state index is -2.75. The van der Waals surface area contributed by atoms with Gasteiger partial charge in [-0.2, -0.15) is 0 Å². The van der Waals surface area contributed by atoms with Crippen LogP contribution >= 0.6 is 12.4 Å². The number of halogens is 1. The quantitative estimate of drug-likeness (QED) is 0.0875. The zero-order chi connectivity index (χ0) is 48.3. The molecule has 360 valence electrons. The molecule has 2 aromatic heterocycles. The third-order valence-corrected chi connectivity index (χ3v) is 12.9. The zero-order valence-electron chi connectivity index (χ0n) is 37.3. The van der Waals surface area contributed by atoms with Gasteiger partial charge >= 0.3 is 0 Å². The number of ether oxygens (including phenoxy) is 2. The number of Topliss-reactive ketones (excluding diaryl/α,β-unsaturated/α-hetero) is 2. The average molecular weight is 952 g/mol. The van der Waals surface area contributed by atoms with E-state index in [1.54, 1.807) is 28.7 Å². The molecule has 2 aromatic carbocycles. The minimum absolute atomic E-state index is 0. The number of hydrogen-bond donors (Lipinski definition) is 10. The molecule has 1 saturated carbocycles. The maximum atomic E-state index is 13.7. The number of carbonyl (C=O) groups is 4. The molecule has 3 aliphatic carbocycles. The van der Waals surface area contributed by atoms with Gasteiger partial charge < -0.3 is 66.9 Å². The molecule has 22 nitrogen and oxygen atoms in total. The van der Waals surface area contributed by atoms with Gasteiger partial charge in [0.1, 0.15) is 47.1 Å². The van der Waals surface area contributed by atoms with Crippen LogP contribution in [0.15, 0.2) is 72.0 Å². The highest BCUT2D eigenvalue weighted by Crippen LogP contribution is 2.57. The van der Waals surface area contributed by atoms with Crippen molar-refractivity contribution in [3.8, 4) is 11.5 Å². The number of aliphatic hydroxyl groups excluding tert-OH is 4. The van der Waals surface area contributed by atoms with Crippen molar-refractivity contribution < 1.29 is 64.4 Å². The van der Waals surface area contributed by atoms with Gasteiger partial charge in [-0.15, -0.1) is 12.4 Å². The Balaban J connectivity index is 0.000000218. The first-order chi connectivity index (χ1) is 31.1. The van der Waals surface area contributed by atoms with Crippen molar-refractivity contribution in [3.63, 3.8) is 0 Å². The second-order valence-corrected chi connectivity index (χ2v) is 17.3. The first kappa shape index (κ1) is 50.2. The number of primary amides is 1. The van der Waals surface area contributed by atoms with E-state index in [9.17, 15) is 54.9 Å². The third-order valence-electron chi connectivity index (χ3n) is 12.9. The molecule has 4 aromatic rings. The largest absolute Gasteiger partial charge is 0.508 e. The second-order valence-electron chi connectivity index (χ2n) is 17.3. The summed E-state index contributed by atoms with van der Waals surface area (Å²) in [7, 11) is 8.26. The number of carbonyl (C=O) groups excluding carboxylic acids is 4. The molecule has 8 rings (SSSR count). The summed E-state index contributed by atoms with van der Waals surface area (Å²) in [6, 6.07) is 8.53. The van der Waals surface area contributed by atoms with E-state index in [2.05, 4.69) is 20.3 Å². The zero-order valence-corrected chi connectivity index (χ0v) is 38.1. The van der Waals surface area contributed by atoms with Crippen molar-refractivity contribution >= 4 is 58.5 Å². The van der Waals surface area contributed by atoms with Crippen LogP contribution in [0, 0.1) is 11.8 Å². The van der Waals surface area contributed by atoms with Gasteiger partial charge in [0.15, 0.2) is 34.6 Å². The predicted octanol–water partition coefficient (Wildman–Crippen LogP) is -0.743. The fourth-order valence-corrected chi connectivity index (χ4v) is 9.54. The predicted molar refractivity (Wildman–Crippen MR) is 241 cm³/mol. The van der Waals surface area contributed by atoms with Crippen molar-refractivity contribution in [2.45, 2.75) is 67.5 Å². The topological polar surface area (TPSA) is 342 Å². The fraction of sp³-hybridized carbons (Fsp3) is 0.432. The van der Waals surface area contributed by atoms with Crippen molar-refractivity contribution in [1.82, 2.24) is 29.7 Å². The summed E-state index contributed by atoms with van der Waals surface area (Å²) in [5.74, 6) is -7.04. The van der Waals surface area contributed by atoms with Crippen LogP contribution in [0.1, 0.15) is 36.3 Å². The van der Waals surface area contributed by atoms with Crippen LogP contribution in [0.5, 0.6) is 11.5 Å². The number of anilines is 1. The van der Waals surface area contributed by atoms with E-state index in [4.69, 9.17) is 20.9 Å². The van der Waals surface area contributed by atoms with Crippen LogP contribution in [-0.2, 0) is 35.9 Å². The average Bonchev–Trinajstić information content (AvgIpc) is 3.83. The summed E-state index contributed by atoms with van der Waals surface area (Å²) in [5.41, 5.74) is 7.43. The summed E-state index contributed by atoms with van der Waals surface area (Å²) >= 11 is 0. The maximum Gasteiger partial charge on any atom is 0.255 e. The molecular weight excluding hydrogens is 898 g/mol. The second kappa shape index (κ2) is 18.8. The van der Waals surface area contributed by atoms with Gasteiger partial charge in [-0.1, -0.05) is 24.3 Å². The van der Waals surface area contributed by atoms with E-state index in [1.807, 2.05) is 26.2 Å². The number of fused-ring (bicyclic) bond motifs is 4. The van der Waals surface area contributed by atoms with Crippen LogP contribution in [0.25, 0.3) is 16.9 Å². The minimum Gasteiger partial charge on any atom is -0.508 e. The van der Waals surface area contributed by atoms with Gasteiger partial charge in [0.05, 0.1) is 49.3 Å². The lowest BCUT2D eigenvalue weighted by Crippen LogP contribution is -2.67. The summed E-state index contributed by atoms with van der Waals surface area (Å²) in [4.78, 5) is 67.5. The molecule has 0 spiro atoms. The number of ketones is 2. The number of phenolic OH excluding ortho intramolecular Hbond substituents is 1. The van der Waals surface area contributed by atoms with Crippen LogP contribution in [0.2, 0.25) is 0 Å². The number of likely N-dealkylation sites (N-methyl/N-ethyl adjacent to an activating group) is 1. The molecule has 23 heteroatoms. The normalized spacial score (nSPS) is 28.1. The lowest BCUT2D eigenvalue weighted by molar-refractivity contribution is -0.159. The summed E-state index contributed by atoms with van der Waals surface area (Å²) in [6.45, 7) is 0.997. The molecule has 4 aliphatic rings. The first-order valence-corrected chi connectivity index (χ1v) is 20.8. The third kappa shape index (κ3) is 8.32. The summed E-state index contributed by atoms with van der Waals surface area (Å²) < 4.78 is 12.6. The number of nitrogens with two attached hydrogens (primary N) is 2. The Hall–Kier alpha value is -6.24. The number of rotatable bonds is 10. The molecule has 0 unspecified atom stereocenters. The molecule has 10 atom stereocenters. The van der Waals surface area contributed by atoms with Crippen molar-refractivity contribution in [2.75, 3.05) is 46.8 Å². The number of hydrogen-bond acceptors (Lipinski definition) is 19. The Morgan fingerprint density at radius 1 is 1.04 bits per heavy atom. The number of phenols is 1. The molecular formula is C44H54ClN9O13. The Morgan fingerprint density at radius 2 is 1.72 bits per heavy atom. The summed E-state index contributed by atoms with van der Waals surface area (Å²) in [5, 5.41) is 78.5. The number of benzene rings is 2. The smallest absolute Gasteiger partial charge is 0.255 e. The molecule has 1 aliphatic heterocycles.